The quantitative estimate of drug-likeness (QED) is 0.460. The Morgan fingerprint density at radius 2 is 1.94 bits per heavy atom. The Labute approximate surface area is 192 Å². The largest absolute Gasteiger partial charge is 0.494 e. The number of ether oxygens (including phenoxy) is 2. The molecule has 0 radical (unpaired) electrons. The van der Waals surface area contributed by atoms with Gasteiger partial charge in [-0.2, -0.15) is 0 Å². The molecule has 6 heteroatoms. The number of thiophene rings is 1. The highest BCUT2D eigenvalue weighted by Gasteiger charge is 2.30. The van der Waals surface area contributed by atoms with Crippen molar-refractivity contribution in [1.29, 1.82) is 0 Å². The summed E-state index contributed by atoms with van der Waals surface area (Å²) >= 11 is 1.48. The van der Waals surface area contributed by atoms with Gasteiger partial charge in [-0.15, -0.1) is 11.3 Å². The van der Waals surface area contributed by atoms with Crippen molar-refractivity contribution in [3.63, 3.8) is 0 Å². The topological polar surface area (TPSA) is 64.6 Å². The second-order valence-electron chi connectivity index (χ2n) is 7.88. The fourth-order valence-electron chi connectivity index (χ4n) is 4.12. The van der Waals surface area contributed by atoms with Crippen LogP contribution in [0.4, 0.5) is 5.00 Å². The van der Waals surface area contributed by atoms with E-state index in [1.165, 1.54) is 24.0 Å². The van der Waals surface area contributed by atoms with Crippen LogP contribution in [0.2, 0.25) is 0 Å². The molecule has 1 amide bonds. The van der Waals surface area contributed by atoms with Crippen LogP contribution in [-0.2, 0) is 17.6 Å². The Bertz CT molecular complexity index is 1110. The van der Waals surface area contributed by atoms with Crippen LogP contribution >= 0.6 is 11.3 Å². The molecule has 0 saturated carbocycles. The number of carbonyl (C=O) groups is 2. The molecule has 0 aliphatic heterocycles. The van der Waals surface area contributed by atoms with Gasteiger partial charge < -0.3 is 14.8 Å². The van der Waals surface area contributed by atoms with E-state index < -0.39 is 5.97 Å². The first-order chi connectivity index (χ1) is 15.6. The molecule has 1 heterocycles. The van der Waals surface area contributed by atoms with Crippen molar-refractivity contribution in [2.75, 3.05) is 19.0 Å². The Morgan fingerprint density at radius 1 is 1.12 bits per heavy atom. The smallest absolute Gasteiger partial charge is 0.341 e. The zero-order valence-corrected chi connectivity index (χ0v) is 19.2. The minimum atomic E-state index is -0.406. The number of esters is 1. The Balaban J connectivity index is 1.60. The molecule has 3 aromatic rings. The number of benzene rings is 2. The van der Waals surface area contributed by atoms with Crippen molar-refractivity contribution in [2.24, 2.45) is 0 Å². The lowest BCUT2D eigenvalue weighted by Gasteiger charge is -2.22. The van der Waals surface area contributed by atoms with Gasteiger partial charge in [0.2, 0.25) is 0 Å². The third kappa shape index (κ3) is 4.70. The maximum absolute atomic E-state index is 13.0. The molecule has 1 aliphatic rings. The molecule has 0 bridgehead atoms. The summed E-state index contributed by atoms with van der Waals surface area (Å²) in [5.41, 5.74) is 3.29. The van der Waals surface area contributed by atoms with Gasteiger partial charge in [0.1, 0.15) is 10.8 Å². The molecule has 1 aromatic heterocycles. The molecule has 4 rings (SSSR count). The van der Waals surface area contributed by atoms with Crippen molar-refractivity contribution >= 4 is 28.2 Å². The lowest BCUT2D eigenvalue weighted by molar-refractivity contribution is 0.0601. The van der Waals surface area contributed by atoms with E-state index in [-0.39, 0.29) is 5.91 Å². The van der Waals surface area contributed by atoms with Crippen molar-refractivity contribution in [1.82, 2.24) is 0 Å². The summed E-state index contributed by atoms with van der Waals surface area (Å²) in [5.74, 6) is 0.388. The second kappa shape index (κ2) is 10.0. The van der Waals surface area contributed by atoms with Crippen LogP contribution < -0.4 is 10.1 Å². The Hall–Kier alpha value is -3.12. The summed E-state index contributed by atoms with van der Waals surface area (Å²) in [6.45, 7) is 2.63. The molecular weight excluding hydrogens is 422 g/mol. The molecule has 0 unspecified atom stereocenters. The maximum atomic E-state index is 13.0. The predicted octanol–water partition coefficient (Wildman–Crippen LogP) is 5.85. The molecule has 5 nitrogen and oxygen atoms in total. The average Bonchev–Trinajstić information content (AvgIpc) is 3.19. The fourth-order valence-corrected chi connectivity index (χ4v) is 5.43. The number of anilines is 1. The van der Waals surface area contributed by atoms with E-state index in [2.05, 4.69) is 29.6 Å². The van der Waals surface area contributed by atoms with E-state index in [1.807, 2.05) is 19.1 Å². The lowest BCUT2D eigenvalue weighted by atomic mass is 9.83. The van der Waals surface area contributed by atoms with Crippen LogP contribution in [0.15, 0.2) is 54.6 Å². The number of fused-ring (bicyclic) bond motifs is 1. The van der Waals surface area contributed by atoms with Crippen LogP contribution in [0.1, 0.15) is 62.4 Å². The summed E-state index contributed by atoms with van der Waals surface area (Å²) in [4.78, 5) is 26.8. The number of methoxy groups -OCH3 is 1. The van der Waals surface area contributed by atoms with Gasteiger partial charge in [-0.05, 0) is 60.9 Å². The minimum Gasteiger partial charge on any atom is -0.494 e. The number of hydrogen-bond donors (Lipinski definition) is 1. The zero-order valence-electron chi connectivity index (χ0n) is 18.4. The van der Waals surface area contributed by atoms with Gasteiger partial charge >= 0.3 is 5.97 Å². The summed E-state index contributed by atoms with van der Waals surface area (Å²) in [6, 6.07) is 17.5. The number of rotatable bonds is 7. The van der Waals surface area contributed by atoms with E-state index in [0.717, 1.165) is 36.1 Å². The summed E-state index contributed by atoms with van der Waals surface area (Å²) in [5, 5.41) is 3.52. The van der Waals surface area contributed by atoms with Crippen LogP contribution in [0.5, 0.6) is 5.75 Å². The van der Waals surface area contributed by atoms with Gasteiger partial charge in [0.15, 0.2) is 0 Å². The second-order valence-corrected chi connectivity index (χ2v) is 8.99. The SMILES string of the molecule is CCCOc1cccc(C(=O)Nc2sc3c(c2C(=O)OC)CC[C@@H](c2ccccc2)C3)c1. The van der Waals surface area contributed by atoms with E-state index in [0.29, 0.717) is 34.4 Å². The highest BCUT2D eigenvalue weighted by Crippen LogP contribution is 2.43. The predicted molar refractivity (Wildman–Crippen MR) is 127 cm³/mol. The number of hydrogen-bond acceptors (Lipinski definition) is 5. The van der Waals surface area contributed by atoms with Gasteiger partial charge in [0.05, 0.1) is 19.3 Å². The van der Waals surface area contributed by atoms with E-state index in [1.54, 1.807) is 18.2 Å². The number of amides is 1. The van der Waals surface area contributed by atoms with E-state index in [4.69, 9.17) is 9.47 Å². The number of nitrogens with one attached hydrogen (secondary N) is 1. The highest BCUT2D eigenvalue weighted by molar-refractivity contribution is 7.17. The molecule has 0 fully saturated rings. The van der Waals surface area contributed by atoms with Crippen molar-refractivity contribution in [3.8, 4) is 5.75 Å². The molecule has 0 spiro atoms. The molecule has 2 aromatic carbocycles. The summed E-state index contributed by atoms with van der Waals surface area (Å²) < 4.78 is 10.7. The average molecular weight is 450 g/mol. The highest BCUT2D eigenvalue weighted by atomic mass is 32.1. The van der Waals surface area contributed by atoms with Crippen molar-refractivity contribution in [2.45, 2.75) is 38.5 Å². The van der Waals surface area contributed by atoms with Crippen LogP contribution in [0, 0.1) is 0 Å². The van der Waals surface area contributed by atoms with E-state index >= 15 is 0 Å². The number of carbonyl (C=O) groups excluding carboxylic acids is 2. The van der Waals surface area contributed by atoms with Crippen LogP contribution in [0.3, 0.4) is 0 Å². The monoisotopic (exact) mass is 449 g/mol. The minimum absolute atomic E-state index is 0.268. The summed E-state index contributed by atoms with van der Waals surface area (Å²) in [6.07, 6.45) is 3.49. The molecule has 1 atom stereocenters. The normalized spacial score (nSPS) is 15.0. The van der Waals surface area contributed by atoms with E-state index in [9.17, 15) is 9.59 Å². The summed E-state index contributed by atoms with van der Waals surface area (Å²) in [7, 11) is 1.38. The van der Waals surface area contributed by atoms with Gasteiger partial charge in [-0.3, -0.25) is 4.79 Å². The van der Waals surface area contributed by atoms with Gasteiger partial charge in [0.25, 0.3) is 5.91 Å². The van der Waals surface area contributed by atoms with Crippen LogP contribution in [-0.4, -0.2) is 25.6 Å². The molecule has 1 aliphatic carbocycles. The molecule has 166 valence electrons. The zero-order chi connectivity index (χ0) is 22.5. The Kier molecular flexibility index (Phi) is 6.90. The van der Waals surface area contributed by atoms with Gasteiger partial charge in [-0.1, -0.05) is 43.3 Å². The fraction of sp³-hybridized carbons (Fsp3) is 0.308. The molecule has 1 N–H and O–H groups in total. The Morgan fingerprint density at radius 3 is 2.69 bits per heavy atom. The first kappa shape index (κ1) is 22.1. The van der Waals surface area contributed by atoms with Crippen molar-refractivity contribution < 1.29 is 19.1 Å². The molecular formula is C26H27NO4S. The van der Waals surface area contributed by atoms with Crippen molar-refractivity contribution in [3.05, 3.63) is 81.7 Å². The molecule has 0 saturated heterocycles. The van der Waals surface area contributed by atoms with Gasteiger partial charge in [-0.25, -0.2) is 4.79 Å². The third-order valence-corrected chi connectivity index (χ3v) is 6.89. The standard InChI is InChI=1S/C26H27NO4S/c1-3-14-31-20-11-7-10-19(15-20)24(28)27-25-23(26(29)30-2)21-13-12-18(16-22(21)32-25)17-8-5-4-6-9-17/h4-11,15,18H,3,12-14,16H2,1-2H3,(H,27,28)/t18-/m1/s1. The van der Waals surface area contributed by atoms with Gasteiger partial charge in [0, 0.05) is 10.4 Å². The van der Waals surface area contributed by atoms with Crippen LogP contribution in [0.25, 0.3) is 0 Å². The maximum Gasteiger partial charge on any atom is 0.341 e. The molecule has 32 heavy (non-hydrogen) atoms. The first-order valence-corrected chi connectivity index (χ1v) is 11.7. The lowest BCUT2D eigenvalue weighted by Crippen LogP contribution is -2.16. The first-order valence-electron chi connectivity index (χ1n) is 10.9. The third-order valence-electron chi connectivity index (χ3n) is 5.72.